The summed E-state index contributed by atoms with van der Waals surface area (Å²) in [6.07, 6.45) is 0. The third kappa shape index (κ3) is 4.95. The van der Waals surface area contributed by atoms with E-state index in [1.165, 1.54) is 19.1 Å². The van der Waals surface area contributed by atoms with Gasteiger partial charge in [0.25, 0.3) is 17.7 Å². The number of imide groups is 1. The number of benzene rings is 3. The zero-order valence-corrected chi connectivity index (χ0v) is 20.7. The molecule has 0 unspecified atom stereocenters. The zero-order valence-electron chi connectivity index (χ0n) is 19.1. The van der Waals surface area contributed by atoms with Crippen molar-refractivity contribution >= 4 is 45.2 Å². The molecule has 3 aromatic carbocycles. The topological polar surface area (TPSA) is 96.0 Å². The van der Waals surface area contributed by atoms with Crippen molar-refractivity contribution in [1.82, 2.24) is 9.80 Å². The Labute approximate surface area is 210 Å². The number of hydrogen-bond donors (Lipinski definition) is 1. The Morgan fingerprint density at radius 1 is 0.971 bits per heavy atom. The van der Waals surface area contributed by atoms with Crippen molar-refractivity contribution in [2.45, 2.75) is 6.54 Å². The Kier molecular flexibility index (Phi) is 6.97. The van der Waals surface area contributed by atoms with Crippen molar-refractivity contribution < 1.29 is 23.9 Å². The van der Waals surface area contributed by atoms with Crippen molar-refractivity contribution in [3.8, 4) is 5.75 Å². The Morgan fingerprint density at radius 2 is 1.60 bits per heavy atom. The lowest BCUT2D eigenvalue weighted by Crippen LogP contribution is -2.35. The minimum atomic E-state index is -0.437. The minimum absolute atomic E-state index is 0.00283. The molecule has 0 aromatic heterocycles. The average molecular weight is 536 g/mol. The van der Waals surface area contributed by atoms with E-state index in [9.17, 15) is 19.2 Å². The van der Waals surface area contributed by atoms with Crippen LogP contribution in [0.5, 0.6) is 5.75 Å². The number of nitrogens with zero attached hydrogens (tertiary/aromatic N) is 2. The molecule has 35 heavy (non-hydrogen) atoms. The molecule has 0 fully saturated rings. The van der Waals surface area contributed by atoms with Gasteiger partial charge in [0.2, 0.25) is 5.91 Å². The van der Waals surface area contributed by atoms with Gasteiger partial charge in [0.1, 0.15) is 5.75 Å². The maximum atomic E-state index is 13.2. The molecule has 0 aliphatic carbocycles. The van der Waals surface area contributed by atoms with E-state index in [-0.39, 0.29) is 36.4 Å². The van der Waals surface area contributed by atoms with E-state index < -0.39 is 5.91 Å². The number of amides is 4. The number of halogens is 1. The first kappa shape index (κ1) is 24.2. The number of methoxy groups -OCH3 is 1. The summed E-state index contributed by atoms with van der Waals surface area (Å²) in [5.74, 6) is -1.24. The normalized spacial score (nSPS) is 12.4. The molecule has 1 aliphatic rings. The van der Waals surface area contributed by atoms with Gasteiger partial charge in [-0.2, -0.15) is 0 Å². The standard InChI is InChI=1S/C26H22BrN3O5/c1-29(15-23(31)28-21-10-6-5-9-20(21)27)24(32)19-13-16(11-12-22(19)35-2)14-30-25(33)17-7-3-4-8-18(17)26(30)34/h3-13H,14-15H2,1-2H3,(H,28,31). The highest BCUT2D eigenvalue weighted by Crippen LogP contribution is 2.27. The largest absolute Gasteiger partial charge is 0.496 e. The molecule has 8 nitrogen and oxygen atoms in total. The highest BCUT2D eigenvalue weighted by Gasteiger charge is 2.35. The van der Waals surface area contributed by atoms with E-state index in [1.807, 2.05) is 6.07 Å². The summed E-state index contributed by atoms with van der Waals surface area (Å²) in [5, 5.41) is 2.76. The predicted octanol–water partition coefficient (Wildman–Crippen LogP) is 3.96. The van der Waals surface area contributed by atoms with Crippen LogP contribution >= 0.6 is 15.9 Å². The third-order valence-electron chi connectivity index (χ3n) is 5.59. The highest BCUT2D eigenvalue weighted by atomic mass is 79.9. The van der Waals surface area contributed by atoms with Crippen LogP contribution in [0.25, 0.3) is 0 Å². The summed E-state index contributed by atoms with van der Waals surface area (Å²) in [6, 6.07) is 18.7. The Bertz CT molecular complexity index is 1310. The number of para-hydroxylation sites is 1. The van der Waals surface area contributed by atoms with Crippen LogP contribution in [-0.4, -0.2) is 54.1 Å². The van der Waals surface area contributed by atoms with Gasteiger partial charge in [-0.15, -0.1) is 0 Å². The number of carbonyl (C=O) groups is 4. The summed E-state index contributed by atoms with van der Waals surface area (Å²) in [7, 11) is 2.95. The Morgan fingerprint density at radius 3 is 2.23 bits per heavy atom. The van der Waals surface area contributed by atoms with Crippen LogP contribution in [0.3, 0.4) is 0 Å². The fourth-order valence-corrected chi connectivity index (χ4v) is 4.21. The summed E-state index contributed by atoms with van der Waals surface area (Å²) in [5.41, 5.74) is 2.11. The molecule has 0 radical (unpaired) electrons. The minimum Gasteiger partial charge on any atom is -0.496 e. The molecule has 1 aliphatic heterocycles. The van der Waals surface area contributed by atoms with E-state index in [1.54, 1.807) is 60.7 Å². The number of fused-ring (bicyclic) bond motifs is 1. The molecule has 0 saturated carbocycles. The van der Waals surface area contributed by atoms with Gasteiger partial charge in [0.15, 0.2) is 0 Å². The summed E-state index contributed by atoms with van der Waals surface area (Å²) in [6.45, 7) is -0.186. The molecule has 1 N–H and O–H groups in total. The highest BCUT2D eigenvalue weighted by molar-refractivity contribution is 9.10. The number of ether oxygens (including phenoxy) is 1. The van der Waals surface area contributed by atoms with Crippen LogP contribution < -0.4 is 10.1 Å². The van der Waals surface area contributed by atoms with Crippen LogP contribution in [0, 0.1) is 0 Å². The Hall–Kier alpha value is -3.98. The smallest absolute Gasteiger partial charge is 0.261 e. The van der Waals surface area contributed by atoms with Gasteiger partial charge in [-0.3, -0.25) is 24.1 Å². The molecule has 3 aromatic rings. The number of hydrogen-bond acceptors (Lipinski definition) is 5. The number of carbonyl (C=O) groups excluding carboxylic acids is 4. The van der Waals surface area contributed by atoms with Gasteiger partial charge in [-0.1, -0.05) is 30.3 Å². The molecule has 4 amide bonds. The van der Waals surface area contributed by atoms with Crippen LogP contribution in [0.15, 0.2) is 71.2 Å². The summed E-state index contributed by atoms with van der Waals surface area (Å²) in [4.78, 5) is 53.5. The van der Waals surface area contributed by atoms with E-state index in [2.05, 4.69) is 21.2 Å². The summed E-state index contributed by atoms with van der Waals surface area (Å²) >= 11 is 3.37. The quantitative estimate of drug-likeness (QED) is 0.462. The lowest BCUT2D eigenvalue weighted by molar-refractivity contribution is -0.116. The first-order chi connectivity index (χ1) is 16.8. The molecule has 0 atom stereocenters. The van der Waals surface area contributed by atoms with Gasteiger partial charge in [0.05, 0.1) is 42.6 Å². The molecular formula is C26H22BrN3O5. The number of rotatable bonds is 7. The average Bonchev–Trinajstić information content (AvgIpc) is 3.09. The van der Waals surface area contributed by atoms with Gasteiger partial charge < -0.3 is 15.0 Å². The fraction of sp³-hybridized carbons (Fsp3) is 0.154. The first-order valence-electron chi connectivity index (χ1n) is 10.7. The van der Waals surface area contributed by atoms with Gasteiger partial charge in [-0.25, -0.2) is 0 Å². The molecule has 0 saturated heterocycles. The van der Waals surface area contributed by atoms with E-state index in [0.717, 1.165) is 9.37 Å². The van der Waals surface area contributed by atoms with Crippen LogP contribution in [-0.2, 0) is 11.3 Å². The van der Waals surface area contributed by atoms with Crippen molar-refractivity contribution in [2.24, 2.45) is 0 Å². The van der Waals surface area contributed by atoms with Gasteiger partial charge in [-0.05, 0) is 57.9 Å². The number of nitrogens with one attached hydrogen (secondary N) is 1. The second kappa shape index (κ2) is 10.1. The summed E-state index contributed by atoms with van der Waals surface area (Å²) < 4.78 is 6.08. The van der Waals surface area contributed by atoms with Crippen LogP contribution in [0.2, 0.25) is 0 Å². The van der Waals surface area contributed by atoms with Crippen LogP contribution in [0.1, 0.15) is 36.6 Å². The second-order valence-corrected chi connectivity index (χ2v) is 8.82. The number of anilines is 1. The van der Waals surface area contributed by atoms with Crippen molar-refractivity contribution in [1.29, 1.82) is 0 Å². The maximum Gasteiger partial charge on any atom is 0.261 e. The van der Waals surface area contributed by atoms with Gasteiger partial charge >= 0.3 is 0 Å². The molecule has 4 rings (SSSR count). The van der Waals surface area contributed by atoms with E-state index >= 15 is 0 Å². The molecular weight excluding hydrogens is 514 g/mol. The second-order valence-electron chi connectivity index (χ2n) is 7.97. The van der Waals surface area contributed by atoms with E-state index in [4.69, 9.17) is 4.74 Å². The zero-order chi connectivity index (χ0) is 25.1. The Balaban J connectivity index is 1.50. The molecule has 178 valence electrons. The van der Waals surface area contributed by atoms with Crippen molar-refractivity contribution in [2.75, 3.05) is 26.0 Å². The van der Waals surface area contributed by atoms with Crippen molar-refractivity contribution in [3.05, 3.63) is 93.5 Å². The third-order valence-corrected chi connectivity index (χ3v) is 6.28. The first-order valence-corrected chi connectivity index (χ1v) is 11.5. The SMILES string of the molecule is COc1ccc(CN2C(=O)c3ccccc3C2=O)cc1C(=O)N(C)CC(=O)Nc1ccccc1Br. The lowest BCUT2D eigenvalue weighted by Gasteiger charge is -2.20. The molecule has 0 bridgehead atoms. The maximum absolute atomic E-state index is 13.2. The lowest BCUT2D eigenvalue weighted by atomic mass is 10.1. The van der Waals surface area contributed by atoms with Crippen LogP contribution in [0.4, 0.5) is 5.69 Å². The van der Waals surface area contributed by atoms with Crippen molar-refractivity contribution in [3.63, 3.8) is 0 Å². The molecule has 1 heterocycles. The number of likely N-dealkylation sites (N-methyl/N-ethyl adjacent to an activating group) is 1. The fourth-order valence-electron chi connectivity index (χ4n) is 3.83. The monoisotopic (exact) mass is 535 g/mol. The molecule has 9 heteroatoms. The van der Waals surface area contributed by atoms with E-state index in [0.29, 0.717) is 28.1 Å². The molecule has 0 spiro atoms. The van der Waals surface area contributed by atoms with Gasteiger partial charge in [0, 0.05) is 11.5 Å². The predicted molar refractivity (Wildman–Crippen MR) is 133 cm³/mol.